The number of benzene rings is 1. The van der Waals surface area contributed by atoms with Crippen molar-refractivity contribution in [2.45, 2.75) is 38.4 Å². The Labute approximate surface area is 164 Å². The molecule has 0 saturated carbocycles. The van der Waals surface area contributed by atoms with E-state index in [1.807, 2.05) is 30.1 Å². The van der Waals surface area contributed by atoms with Crippen LogP contribution >= 0.6 is 11.8 Å². The van der Waals surface area contributed by atoms with Gasteiger partial charge in [-0.3, -0.25) is 9.98 Å². The molecule has 6 heteroatoms. The van der Waals surface area contributed by atoms with Crippen molar-refractivity contribution < 1.29 is 9.47 Å². The zero-order valence-electron chi connectivity index (χ0n) is 16.2. The van der Waals surface area contributed by atoms with E-state index >= 15 is 0 Å². The van der Waals surface area contributed by atoms with Crippen LogP contribution in [0.4, 0.5) is 0 Å². The summed E-state index contributed by atoms with van der Waals surface area (Å²) < 4.78 is 11.1. The topological polar surface area (TPSA) is 47.0 Å². The minimum Gasteiger partial charge on any atom is -0.493 e. The summed E-state index contributed by atoms with van der Waals surface area (Å²) >= 11 is 1.86. The molecule has 142 valence electrons. The van der Waals surface area contributed by atoms with Crippen LogP contribution in [0.3, 0.4) is 0 Å². The van der Waals surface area contributed by atoms with Crippen LogP contribution in [0.1, 0.15) is 42.2 Å². The first kappa shape index (κ1) is 18.2. The van der Waals surface area contributed by atoms with E-state index in [0.717, 1.165) is 34.5 Å². The first-order valence-corrected chi connectivity index (χ1v) is 10.3. The van der Waals surface area contributed by atoms with E-state index in [4.69, 9.17) is 14.5 Å². The summed E-state index contributed by atoms with van der Waals surface area (Å²) in [6.45, 7) is 4.38. The summed E-state index contributed by atoms with van der Waals surface area (Å²) in [5.41, 5.74) is 3.42. The van der Waals surface area contributed by atoms with Gasteiger partial charge in [0.05, 0.1) is 26.0 Å². The average molecular weight is 384 g/mol. The lowest BCUT2D eigenvalue weighted by Gasteiger charge is -2.33. The standard InChI is InChI=1S/C21H25N3O2S/c1-5-14-12-27-21-23-19(16-8-6-7-9-22-16)20(24(14)21)15-11-18(26-4)17(25-3)10-13(15)2/h6-11,14,19-20H,5,12H2,1-4H3. The SMILES string of the molecule is CCC1CSC2=NC(c3ccccn3)C(c3cc(OC)c(OC)cc3C)N21. The van der Waals surface area contributed by atoms with Crippen molar-refractivity contribution in [2.75, 3.05) is 20.0 Å². The van der Waals surface area contributed by atoms with Gasteiger partial charge in [-0.05, 0) is 48.7 Å². The molecule has 1 saturated heterocycles. The number of hydrogen-bond acceptors (Lipinski definition) is 6. The Balaban J connectivity index is 1.84. The van der Waals surface area contributed by atoms with E-state index in [9.17, 15) is 0 Å². The normalized spacial score (nSPS) is 23.9. The van der Waals surface area contributed by atoms with Gasteiger partial charge < -0.3 is 14.4 Å². The van der Waals surface area contributed by atoms with Crippen LogP contribution in [0.5, 0.6) is 11.5 Å². The van der Waals surface area contributed by atoms with Crippen LogP contribution in [0.2, 0.25) is 0 Å². The van der Waals surface area contributed by atoms with Crippen molar-refractivity contribution >= 4 is 16.9 Å². The molecule has 0 aliphatic carbocycles. The number of thioether (sulfide) groups is 1. The molecule has 0 radical (unpaired) electrons. The van der Waals surface area contributed by atoms with Gasteiger partial charge in [-0.15, -0.1) is 0 Å². The first-order valence-electron chi connectivity index (χ1n) is 9.30. The number of nitrogens with zero attached hydrogens (tertiary/aromatic N) is 3. The zero-order chi connectivity index (χ0) is 19.0. The first-order chi connectivity index (χ1) is 13.2. The van der Waals surface area contributed by atoms with Crippen molar-refractivity contribution in [1.82, 2.24) is 9.88 Å². The lowest BCUT2D eigenvalue weighted by molar-refractivity contribution is 0.253. The number of ether oxygens (including phenoxy) is 2. The highest BCUT2D eigenvalue weighted by molar-refractivity contribution is 8.14. The Hall–Kier alpha value is -2.21. The lowest BCUT2D eigenvalue weighted by atomic mass is 9.91. The maximum Gasteiger partial charge on any atom is 0.161 e. The lowest BCUT2D eigenvalue weighted by Crippen LogP contribution is -2.35. The average Bonchev–Trinajstić information content (AvgIpc) is 3.27. The van der Waals surface area contributed by atoms with Crippen molar-refractivity contribution in [1.29, 1.82) is 0 Å². The summed E-state index contributed by atoms with van der Waals surface area (Å²) in [4.78, 5) is 12.2. The number of pyridine rings is 1. The molecule has 0 bridgehead atoms. The molecule has 1 fully saturated rings. The van der Waals surface area contributed by atoms with Gasteiger partial charge in [-0.1, -0.05) is 24.8 Å². The summed E-state index contributed by atoms with van der Waals surface area (Å²) in [6, 6.07) is 10.8. The fraction of sp³-hybridized carbons (Fsp3) is 0.429. The monoisotopic (exact) mass is 383 g/mol. The molecule has 3 heterocycles. The van der Waals surface area contributed by atoms with Gasteiger partial charge in [0, 0.05) is 18.0 Å². The van der Waals surface area contributed by atoms with E-state index in [-0.39, 0.29) is 12.1 Å². The second-order valence-electron chi connectivity index (χ2n) is 6.90. The molecule has 27 heavy (non-hydrogen) atoms. The predicted molar refractivity (Wildman–Crippen MR) is 110 cm³/mol. The summed E-state index contributed by atoms with van der Waals surface area (Å²) in [7, 11) is 3.36. The number of aliphatic imine (C=N–C) groups is 1. The molecule has 4 rings (SSSR count). The van der Waals surface area contributed by atoms with Gasteiger partial charge in [-0.2, -0.15) is 0 Å². The third kappa shape index (κ3) is 3.06. The van der Waals surface area contributed by atoms with E-state index in [0.29, 0.717) is 6.04 Å². The van der Waals surface area contributed by atoms with Gasteiger partial charge in [0.15, 0.2) is 16.7 Å². The third-order valence-electron chi connectivity index (χ3n) is 5.42. The quantitative estimate of drug-likeness (QED) is 0.766. The number of amidine groups is 1. The van der Waals surface area contributed by atoms with Crippen molar-refractivity contribution in [3.05, 3.63) is 53.3 Å². The van der Waals surface area contributed by atoms with Gasteiger partial charge >= 0.3 is 0 Å². The van der Waals surface area contributed by atoms with Crippen LogP contribution in [-0.2, 0) is 0 Å². The van der Waals surface area contributed by atoms with Gasteiger partial charge in [0.2, 0.25) is 0 Å². The van der Waals surface area contributed by atoms with E-state index < -0.39 is 0 Å². The van der Waals surface area contributed by atoms with E-state index in [2.05, 4.69) is 41.9 Å². The number of fused-ring (bicyclic) bond motifs is 1. The van der Waals surface area contributed by atoms with Gasteiger partial charge in [0.25, 0.3) is 0 Å². The second-order valence-corrected chi connectivity index (χ2v) is 7.89. The molecule has 1 aromatic heterocycles. The molecular weight excluding hydrogens is 358 g/mol. The maximum atomic E-state index is 5.60. The fourth-order valence-electron chi connectivity index (χ4n) is 4.00. The summed E-state index contributed by atoms with van der Waals surface area (Å²) in [6.07, 6.45) is 2.95. The van der Waals surface area contributed by atoms with Gasteiger partial charge in [-0.25, -0.2) is 0 Å². The van der Waals surface area contributed by atoms with E-state index in [1.165, 1.54) is 11.1 Å². The Kier molecular flexibility index (Phi) is 5.00. The third-order valence-corrected chi connectivity index (χ3v) is 6.55. The molecule has 0 N–H and O–H groups in total. The van der Waals surface area contributed by atoms with Crippen LogP contribution in [-0.4, -0.2) is 41.1 Å². The minimum atomic E-state index is -0.0140. The van der Waals surface area contributed by atoms with Crippen LogP contribution in [0.25, 0.3) is 0 Å². The summed E-state index contributed by atoms with van der Waals surface area (Å²) in [5, 5.41) is 1.14. The fourth-order valence-corrected chi connectivity index (χ4v) is 5.34. The zero-order valence-corrected chi connectivity index (χ0v) is 17.0. The maximum absolute atomic E-state index is 5.60. The highest BCUT2D eigenvalue weighted by Gasteiger charge is 2.46. The minimum absolute atomic E-state index is 0.0140. The smallest absolute Gasteiger partial charge is 0.161 e. The number of aromatic nitrogens is 1. The predicted octanol–water partition coefficient (Wildman–Crippen LogP) is 4.39. The van der Waals surface area contributed by atoms with E-state index in [1.54, 1.807) is 14.2 Å². The second kappa shape index (κ2) is 7.43. The molecule has 3 unspecified atom stereocenters. The van der Waals surface area contributed by atoms with Crippen LogP contribution in [0, 0.1) is 6.92 Å². The number of rotatable bonds is 5. The molecule has 3 atom stereocenters. The molecule has 0 amide bonds. The number of methoxy groups -OCH3 is 2. The Bertz CT molecular complexity index is 856. The molecule has 2 aromatic rings. The van der Waals surface area contributed by atoms with Crippen LogP contribution < -0.4 is 9.47 Å². The summed E-state index contributed by atoms with van der Waals surface area (Å²) in [5.74, 6) is 2.61. The molecular formula is C21H25N3O2S. The molecule has 1 aromatic carbocycles. The number of aryl methyl sites for hydroxylation is 1. The van der Waals surface area contributed by atoms with Gasteiger partial charge in [0.1, 0.15) is 6.04 Å². The molecule has 5 nitrogen and oxygen atoms in total. The molecule has 2 aliphatic heterocycles. The largest absolute Gasteiger partial charge is 0.493 e. The Morgan fingerprint density at radius 3 is 2.63 bits per heavy atom. The Morgan fingerprint density at radius 2 is 1.96 bits per heavy atom. The number of hydrogen-bond donors (Lipinski definition) is 0. The van der Waals surface area contributed by atoms with Crippen molar-refractivity contribution in [2.24, 2.45) is 4.99 Å². The Morgan fingerprint density at radius 1 is 1.19 bits per heavy atom. The highest BCUT2D eigenvalue weighted by Crippen LogP contribution is 2.50. The molecule has 0 spiro atoms. The van der Waals surface area contributed by atoms with Crippen molar-refractivity contribution in [3.8, 4) is 11.5 Å². The molecule has 2 aliphatic rings. The van der Waals surface area contributed by atoms with Crippen molar-refractivity contribution in [3.63, 3.8) is 0 Å². The highest BCUT2D eigenvalue weighted by atomic mass is 32.2. The van der Waals surface area contributed by atoms with Crippen LogP contribution in [0.15, 0.2) is 41.5 Å².